The lowest BCUT2D eigenvalue weighted by atomic mass is 10.1. The zero-order valence-electron chi connectivity index (χ0n) is 11.6. The highest BCUT2D eigenvalue weighted by molar-refractivity contribution is 5.92. The van der Waals surface area contributed by atoms with Crippen LogP contribution in [0.4, 0.5) is 10.5 Å². The van der Waals surface area contributed by atoms with Crippen molar-refractivity contribution in [2.45, 2.75) is 6.42 Å². The largest absolute Gasteiger partial charge is 0.381 e. The van der Waals surface area contributed by atoms with Crippen LogP contribution in [0.25, 0.3) is 10.9 Å². The Morgan fingerprint density at radius 3 is 3.20 bits per heavy atom. The lowest BCUT2D eigenvalue weighted by Gasteiger charge is -2.20. The monoisotopic (exact) mass is 273 g/mol. The quantitative estimate of drug-likeness (QED) is 0.903. The Morgan fingerprint density at radius 1 is 1.50 bits per heavy atom. The van der Waals surface area contributed by atoms with E-state index in [-0.39, 0.29) is 6.03 Å². The average Bonchev–Trinajstić information content (AvgIpc) is 3.08. The summed E-state index contributed by atoms with van der Waals surface area (Å²) in [5.74, 6) is 0.456. The number of nitrogens with zero attached hydrogens (tertiary/aromatic N) is 1. The van der Waals surface area contributed by atoms with Gasteiger partial charge >= 0.3 is 6.03 Å². The van der Waals surface area contributed by atoms with Crippen LogP contribution in [0.3, 0.4) is 0 Å². The molecular formula is C15H19N3O2. The topological polar surface area (TPSA) is 57.4 Å². The van der Waals surface area contributed by atoms with Crippen LogP contribution in [-0.4, -0.2) is 42.7 Å². The molecule has 1 aromatic heterocycles. The second-order valence-electron chi connectivity index (χ2n) is 5.32. The maximum absolute atomic E-state index is 12.1. The molecule has 2 heterocycles. The highest BCUT2D eigenvalue weighted by atomic mass is 16.5. The summed E-state index contributed by atoms with van der Waals surface area (Å²) in [7, 11) is 1.82. The fraction of sp³-hybridized carbons (Fsp3) is 0.400. The molecule has 1 aromatic carbocycles. The summed E-state index contributed by atoms with van der Waals surface area (Å²) in [5, 5.41) is 4.02. The second kappa shape index (κ2) is 5.54. The van der Waals surface area contributed by atoms with Gasteiger partial charge in [-0.15, -0.1) is 0 Å². The Balaban J connectivity index is 1.62. The molecule has 3 rings (SSSR count). The third-order valence-corrected chi connectivity index (χ3v) is 3.71. The van der Waals surface area contributed by atoms with Crippen LogP contribution in [-0.2, 0) is 4.74 Å². The first-order chi connectivity index (χ1) is 9.72. The number of aromatic amines is 1. The summed E-state index contributed by atoms with van der Waals surface area (Å²) >= 11 is 0. The van der Waals surface area contributed by atoms with Crippen molar-refractivity contribution in [3.05, 3.63) is 30.5 Å². The molecule has 0 radical (unpaired) electrons. The van der Waals surface area contributed by atoms with Crippen LogP contribution in [0, 0.1) is 5.92 Å². The second-order valence-corrected chi connectivity index (χ2v) is 5.32. The summed E-state index contributed by atoms with van der Waals surface area (Å²) in [4.78, 5) is 17.0. The lowest BCUT2D eigenvalue weighted by molar-refractivity contribution is 0.175. The van der Waals surface area contributed by atoms with Crippen molar-refractivity contribution in [2.75, 3.05) is 32.1 Å². The number of carbonyl (C=O) groups is 1. The third-order valence-electron chi connectivity index (χ3n) is 3.71. The summed E-state index contributed by atoms with van der Waals surface area (Å²) < 4.78 is 5.33. The molecule has 20 heavy (non-hydrogen) atoms. The van der Waals surface area contributed by atoms with Gasteiger partial charge in [0.15, 0.2) is 0 Å². The number of hydrogen-bond acceptors (Lipinski definition) is 2. The van der Waals surface area contributed by atoms with Crippen molar-refractivity contribution < 1.29 is 9.53 Å². The molecule has 1 saturated heterocycles. The molecule has 1 fully saturated rings. The summed E-state index contributed by atoms with van der Waals surface area (Å²) in [6.07, 6.45) is 2.93. The number of rotatable bonds is 3. The van der Waals surface area contributed by atoms with Crippen LogP contribution >= 0.6 is 0 Å². The highest BCUT2D eigenvalue weighted by Crippen LogP contribution is 2.18. The van der Waals surface area contributed by atoms with Gasteiger partial charge in [0.2, 0.25) is 0 Å². The number of amides is 2. The van der Waals surface area contributed by atoms with Gasteiger partial charge in [0.25, 0.3) is 0 Å². The van der Waals surface area contributed by atoms with E-state index >= 15 is 0 Å². The van der Waals surface area contributed by atoms with Gasteiger partial charge in [-0.1, -0.05) is 0 Å². The Hall–Kier alpha value is -2.01. The van der Waals surface area contributed by atoms with E-state index < -0.39 is 0 Å². The van der Waals surface area contributed by atoms with Crippen molar-refractivity contribution in [1.29, 1.82) is 0 Å². The average molecular weight is 273 g/mol. The Morgan fingerprint density at radius 2 is 2.40 bits per heavy atom. The predicted molar refractivity (Wildman–Crippen MR) is 78.9 cm³/mol. The van der Waals surface area contributed by atoms with Gasteiger partial charge in [0, 0.05) is 48.9 Å². The molecule has 1 atom stereocenters. The van der Waals surface area contributed by atoms with E-state index in [9.17, 15) is 4.79 Å². The number of anilines is 1. The molecule has 2 amide bonds. The summed E-state index contributed by atoms with van der Waals surface area (Å²) in [6.45, 7) is 2.30. The Labute approximate surface area is 117 Å². The van der Waals surface area contributed by atoms with E-state index in [1.54, 1.807) is 4.90 Å². The zero-order valence-corrected chi connectivity index (χ0v) is 11.6. The first kappa shape index (κ1) is 13.0. The molecule has 0 spiro atoms. The summed E-state index contributed by atoms with van der Waals surface area (Å²) in [5.41, 5.74) is 1.89. The lowest BCUT2D eigenvalue weighted by Crippen LogP contribution is -2.35. The van der Waals surface area contributed by atoms with Crippen LogP contribution in [0.15, 0.2) is 30.5 Å². The van der Waals surface area contributed by atoms with Crippen LogP contribution in [0.5, 0.6) is 0 Å². The maximum Gasteiger partial charge on any atom is 0.321 e. The van der Waals surface area contributed by atoms with E-state index in [1.165, 1.54) is 0 Å². The van der Waals surface area contributed by atoms with Crippen molar-refractivity contribution in [3.8, 4) is 0 Å². The zero-order chi connectivity index (χ0) is 13.9. The van der Waals surface area contributed by atoms with Crippen molar-refractivity contribution >= 4 is 22.6 Å². The predicted octanol–water partition coefficient (Wildman–Crippen LogP) is 2.67. The first-order valence-corrected chi connectivity index (χ1v) is 6.89. The normalized spacial score (nSPS) is 18.4. The van der Waals surface area contributed by atoms with Crippen molar-refractivity contribution in [3.63, 3.8) is 0 Å². The smallest absolute Gasteiger partial charge is 0.321 e. The van der Waals surface area contributed by atoms with E-state index in [2.05, 4.69) is 10.3 Å². The molecule has 1 unspecified atom stereocenters. The molecule has 106 valence electrons. The highest BCUT2D eigenvalue weighted by Gasteiger charge is 2.20. The van der Waals surface area contributed by atoms with Gasteiger partial charge in [-0.3, -0.25) is 0 Å². The number of nitrogens with one attached hydrogen (secondary N) is 2. The number of H-pyrrole nitrogens is 1. The standard InChI is InChI=1S/C15H19N3O2/c1-18(9-11-5-7-20-10-11)15(19)17-13-2-3-14-12(8-13)4-6-16-14/h2-4,6,8,11,16H,5,7,9-10H2,1H3,(H,17,19). The number of benzene rings is 1. The number of ether oxygens (including phenoxy) is 1. The van der Waals surface area contributed by atoms with Gasteiger partial charge in [-0.25, -0.2) is 4.79 Å². The van der Waals surface area contributed by atoms with Gasteiger partial charge in [0.1, 0.15) is 0 Å². The van der Waals surface area contributed by atoms with E-state index in [4.69, 9.17) is 4.74 Å². The molecule has 2 aromatic rings. The summed E-state index contributed by atoms with van der Waals surface area (Å²) in [6, 6.07) is 7.76. The molecule has 1 aliphatic heterocycles. The van der Waals surface area contributed by atoms with Gasteiger partial charge in [0.05, 0.1) is 6.61 Å². The van der Waals surface area contributed by atoms with Gasteiger partial charge < -0.3 is 19.9 Å². The number of urea groups is 1. The molecule has 0 bridgehead atoms. The SMILES string of the molecule is CN(CC1CCOC1)C(=O)Nc1ccc2[nH]ccc2c1. The fourth-order valence-corrected chi connectivity index (χ4v) is 2.55. The van der Waals surface area contributed by atoms with Crippen LogP contribution in [0.2, 0.25) is 0 Å². The van der Waals surface area contributed by atoms with E-state index in [1.807, 2.05) is 37.5 Å². The molecule has 1 aliphatic rings. The van der Waals surface area contributed by atoms with Gasteiger partial charge in [-0.2, -0.15) is 0 Å². The minimum atomic E-state index is -0.0771. The number of fused-ring (bicyclic) bond motifs is 1. The van der Waals surface area contributed by atoms with E-state index in [0.717, 1.165) is 42.8 Å². The minimum Gasteiger partial charge on any atom is -0.381 e. The van der Waals surface area contributed by atoms with Crippen molar-refractivity contribution in [1.82, 2.24) is 9.88 Å². The maximum atomic E-state index is 12.1. The molecule has 5 nitrogen and oxygen atoms in total. The molecule has 2 N–H and O–H groups in total. The van der Waals surface area contributed by atoms with Crippen molar-refractivity contribution in [2.24, 2.45) is 5.92 Å². The first-order valence-electron chi connectivity index (χ1n) is 6.89. The molecule has 0 aliphatic carbocycles. The van der Waals surface area contributed by atoms with Crippen LogP contribution in [0.1, 0.15) is 6.42 Å². The molecule has 0 saturated carbocycles. The third kappa shape index (κ3) is 2.77. The number of carbonyl (C=O) groups excluding carboxylic acids is 1. The number of hydrogen-bond donors (Lipinski definition) is 2. The molecule has 5 heteroatoms. The number of aromatic nitrogens is 1. The van der Waals surface area contributed by atoms with Gasteiger partial charge in [-0.05, 0) is 30.7 Å². The Kier molecular flexibility index (Phi) is 3.60. The molecular weight excluding hydrogens is 254 g/mol. The van der Waals surface area contributed by atoms with Crippen LogP contribution < -0.4 is 5.32 Å². The Bertz CT molecular complexity index is 602. The van der Waals surface area contributed by atoms with E-state index in [0.29, 0.717) is 5.92 Å². The fourth-order valence-electron chi connectivity index (χ4n) is 2.55. The minimum absolute atomic E-state index is 0.0771.